The molecule has 0 fully saturated rings. The zero-order chi connectivity index (χ0) is 22.7. The minimum absolute atomic E-state index is 0.160. The fourth-order valence-corrected chi connectivity index (χ4v) is 4.34. The molecule has 10 heteroatoms. The van der Waals surface area contributed by atoms with Gasteiger partial charge in [-0.1, -0.05) is 0 Å². The summed E-state index contributed by atoms with van der Waals surface area (Å²) >= 11 is 1.13. The molecule has 4 aromatic rings. The predicted octanol–water partition coefficient (Wildman–Crippen LogP) is 3.85. The molecule has 166 valence electrons. The van der Waals surface area contributed by atoms with Gasteiger partial charge < -0.3 is 19.9 Å². The number of aryl methyl sites for hydroxylation is 1. The summed E-state index contributed by atoms with van der Waals surface area (Å²) in [5, 5.41) is 18.0. The van der Waals surface area contributed by atoms with Crippen molar-refractivity contribution in [3.05, 3.63) is 47.2 Å². The molecule has 0 unspecified atom stereocenters. The lowest BCUT2D eigenvalue weighted by Crippen LogP contribution is -2.07. The van der Waals surface area contributed by atoms with Crippen LogP contribution in [0, 0.1) is 0 Å². The number of benzene rings is 1. The van der Waals surface area contributed by atoms with Crippen LogP contribution in [0.25, 0.3) is 21.5 Å². The third kappa shape index (κ3) is 4.35. The van der Waals surface area contributed by atoms with Crippen molar-refractivity contribution < 1.29 is 19.4 Å². The molecular weight excluding hydrogens is 430 g/mol. The van der Waals surface area contributed by atoms with Crippen LogP contribution >= 0.6 is 11.3 Å². The van der Waals surface area contributed by atoms with Crippen LogP contribution in [0.2, 0.25) is 0 Å². The topological polar surface area (TPSA) is 111 Å². The van der Waals surface area contributed by atoms with Crippen LogP contribution in [0.4, 0.5) is 5.82 Å². The van der Waals surface area contributed by atoms with E-state index in [1.165, 1.54) is 6.33 Å². The number of nitrogens with zero attached hydrogens (tertiary/aromatic N) is 4. The Kier molecular flexibility index (Phi) is 6.22. The quantitative estimate of drug-likeness (QED) is 0.393. The van der Waals surface area contributed by atoms with Crippen molar-refractivity contribution in [2.24, 2.45) is 7.05 Å². The Bertz CT molecular complexity index is 1270. The standard InChI is InChI=1S/C22H23N5O4S/c1-4-31-18-10-19(32-21(18)22(28)29)15-9-20(25-12-24-15)23-6-5-13-7-16-14(8-17(13)30-3)11-26-27(16)2/h7-12H,4-6H2,1-3H3,(H,28,29)(H,23,24,25). The zero-order valence-electron chi connectivity index (χ0n) is 18.0. The molecule has 0 aliphatic heterocycles. The Balaban J connectivity index is 1.50. The van der Waals surface area contributed by atoms with E-state index in [0.29, 0.717) is 35.3 Å². The highest BCUT2D eigenvalue weighted by Gasteiger charge is 2.18. The molecule has 32 heavy (non-hydrogen) atoms. The number of fused-ring (bicyclic) bond motifs is 1. The summed E-state index contributed by atoms with van der Waals surface area (Å²) in [6.45, 7) is 2.84. The summed E-state index contributed by atoms with van der Waals surface area (Å²) in [7, 11) is 3.57. The summed E-state index contributed by atoms with van der Waals surface area (Å²) in [6, 6.07) is 7.59. The molecule has 0 radical (unpaired) electrons. The monoisotopic (exact) mass is 453 g/mol. The SMILES string of the molecule is CCOc1cc(-c2cc(NCCc3cc4c(cnn4C)cc3OC)ncn2)sc1C(=O)O. The van der Waals surface area contributed by atoms with Crippen molar-refractivity contribution in [1.82, 2.24) is 19.7 Å². The van der Waals surface area contributed by atoms with Gasteiger partial charge in [0, 0.05) is 31.1 Å². The number of thiophene rings is 1. The van der Waals surface area contributed by atoms with Gasteiger partial charge in [0.15, 0.2) is 4.88 Å². The lowest BCUT2D eigenvalue weighted by molar-refractivity contribution is 0.0698. The fourth-order valence-electron chi connectivity index (χ4n) is 3.43. The van der Waals surface area contributed by atoms with Gasteiger partial charge in [0.1, 0.15) is 23.6 Å². The largest absolute Gasteiger partial charge is 0.496 e. The Hall–Kier alpha value is -3.66. The summed E-state index contributed by atoms with van der Waals surface area (Å²) < 4.78 is 12.8. The van der Waals surface area contributed by atoms with Crippen molar-refractivity contribution >= 4 is 34.0 Å². The zero-order valence-corrected chi connectivity index (χ0v) is 18.8. The number of anilines is 1. The van der Waals surface area contributed by atoms with Gasteiger partial charge in [0.05, 0.1) is 36.0 Å². The van der Waals surface area contributed by atoms with Gasteiger partial charge in [-0.3, -0.25) is 4.68 Å². The van der Waals surface area contributed by atoms with Crippen LogP contribution in [0.5, 0.6) is 11.5 Å². The molecule has 0 spiro atoms. The second-order valence-corrected chi connectivity index (χ2v) is 8.05. The molecule has 1 aromatic carbocycles. The summed E-state index contributed by atoms with van der Waals surface area (Å²) in [5.74, 6) is 0.806. The van der Waals surface area contributed by atoms with E-state index in [0.717, 1.165) is 40.0 Å². The van der Waals surface area contributed by atoms with E-state index in [9.17, 15) is 9.90 Å². The van der Waals surface area contributed by atoms with Crippen molar-refractivity contribution in [2.75, 3.05) is 25.6 Å². The smallest absolute Gasteiger partial charge is 0.349 e. The first-order valence-corrected chi connectivity index (χ1v) is 10.9. The van der Waals surface area contributed by atoms with Crippen LogP contribution in [-0.2, 0) is 13.5 Å². The van der Waals surface area contributed by atoms with Gasteiger partial charge in [0.2, 0.25) is 0 Å². The Labute approximate surface area is 188 Å². The summed E-state index contributed by atoms with van der Waals surface area (Å²) in [4.78, 5) is 20.9. The lowest BCUT2D eigenvalue weighted by atomic mass is 10.1. The minimum atomic E-state index is -1.02. The van der Waals surface area contributed by atoms with Crippen LogP contribution in [-0.4, -0.2) is 51.1 Å². The Morgan fingerprint density at radius 1 is 1.22 bits per heavy atom. The molecule has 0 aliphatic carbocycles. The van der Waals surface area contributed by atoms with Gasteiger partial charge >= 0.3 is 5.97 Å². The molecule has 3 aromatic heterocycles. The number of rotatable bonds is 9. The number of nitrogens with one attached hydrogen (secondary N) is 1. The number of hydrogen-bond donors (Lipinski definition) is 2. The Morgan fingerprint density at radius 3 is 2.81 bits per heavy atom. The van der Waals surface area contributed by atoms with Gasteiger partial charge in [-0.2, -0.15) is 5.10 Å². The van der Waals surface area contributed by atoms with E-state index in [1.807, 2.05) is 30.9 Å². The number of hydrogen-bond acceptors (Lipinski definition) is 8. The van der Waals surface area contributed by atoms with E-state index < -0.39 is 5.97 Å². The normalized spacial score (nSPS) is 11.0. The Morgan fingerprint density at radius 2 is 2.06 bits per heavy atom. The molecule has 4 rings (SSSR count). The van der Waals surface area contributed by atoms with Gasteiger partial charge in [-0.15, -0.1) is 11.3 Å². The van der Waals surface area contributed by atoms with E-state index in [2.05, 4.69) is 26.4 Å². The van der Waals surface area contributed by atoms with Crippen molar-refractivity contribution in [1.29, 1.82) is 0 Å². The lowest BCUT2D eigenvalue weighted by Gasteiger charge is -2.11. The second kappa shape index (κ2) is 9.23. The number of carboxylic acid groups (broad SMARTS) is 1. The number of aromatic carboxylic acids is 1. The molecule has 0 amide bonds. The molecule has 0 atom stereocenters. The number of ether oxygens (including phenoxy) is 2. The number of aromatic nitrogens is 4. The third-order valence-electron chi connectivity index (χ3n) is 4.96. The molecular formula is C22H23N5O4S. The highest BCUT2D eigenvalue weighted by Crippen LogP contribution is 2.36. The first-order valence-electron chi connectivity index (χ1n) is 10.0. The highest BCUT2D eigenvalue weighted by molar-refractivity contribution is 7.17. The first-order chi connectivity index (χ1) is 15.5. The van der Waals surface area contributed by atoms with Crippen LogP contribution < -0.4 is 14.8 Å². The van der Waals surface area contributed by atoms with Crippen LogP contribution in [0.15, 0.2) is 36.8 Å². The highest BCUT2D eigenvalue weighted by atomic mass is 32.1. The fraction of sp³-hybridized carbons (Fsp3) is 0.273. The number of carboxylic acids is 1. The van der Waals surface area contributed by atoms with Gasteiger partial charge in [0.25, 0.3) is 0 Å². The van der Waals surface area contributed by atoms with E-state index in [4.69, 9.17) is 9.47 Å². The molecule has 0 bridgehead atoms. The average molecular weight is 454 g/mol. The van der Waals surface area contributed by atoms with Crippen molar-refractivity contribution in [3.63, 3.8) is 0 Å². The number of carbonyl (C=O) groups is 1. The average Bonchev–Trinajstić information content (AvgIpc) is 3.37. The molecule has 9 nitrogen and oxygen atoms in total. The summed E-state index contributed by atoms with van der Waals surface area (Å²) in [6.07, 6.45) is 4.00. The molecule has 0 saturated heterocycles. The van der Waals surface area contributed by atoms with Crippen LogP contribution in [0.3, 0.4) is 0 Å². The molecule has 2 N–H and O–H groups in total. The number of methoxy groups -OCH3 is 1. The summed E-state index contributed by atoms with van der Waals surface area (Å²) in [5.41, 5.74) is 2.74. The van der Waals surface area contributed by atoms with Crippen LogP contribution in [0.1, 0.15) is 22.2 Å². The van der Waals surface area contributed by atoms with E-state index in [-0.39, 0.29) is 4.88 Å². The third-order valence-corrected chi connectivity index (χ3v) is 6.09. The van der Waals surface area contributed by atoms with Gasteiger partial charge in [-0.25, -0.2) is 14.8 Å². The predicted molar refractivity (Wildman–Crippen MR) is 123 cm³/mol. The van der Waals surface area contributed by atoms with Crippen molar-refractivity contribution in [2.45, 2.75) is 13.3 Å². The maximum atomic E-state index is 11.5. The van der Waals surface area contributed by atoms with Crippen molar-refractivity contribution in [3.8, 4) is 22.1 Å². The second-order valence-electron chi connectivity index (χ2n) is 7.00. The molecule has 0 aliphatic rings. The minimum Gasteiger partial charge on any atom is -0.496 e. The maximum Gasteiger partial charge on any atom is 0.349 e. The van der Waals surface area contributed by atoms with Gasteiger partial charge in [-0.05, 0) is 31.0 Å². The first kappa shape index (κ1) is 21.6. The molecule has 0 saturated carbocycles. The molecule has 3 heterocycles. The maximum absolute atomic E-state index is 11.5. The van der Waals surface area contributed by atoms with E-state index in [1.54, 1.807) is 19.2 Å². The van der Waals surface area contributed by atoms with E-state index >= 15 is 0 Å².